The van der Waals surface area contributed by atoms with Crippen LogP contribution in [0.25, 0.3) is 16.9 Å². The number of hydrogen-bond donors (Lipinski definition) is 1. The smallest absolute Gasteiger partial charge is 0.123 e. The Balaban J connectivity index is 2.16. The van der Waals surface area contributed by atoms with Gasteiger partial charge in [0.2, 0.25) is 0 Å². The van der Waals surface area contributed by atoms with Crippen LogP contribution < -0.4 is 5.73 Å². The minimum atomic E-state index is 0.494. The summed E-state index contributed by atoms with van der Waals surface area (Å²) < 4.78 is 2.00. The number of anilines is 1. The number of rotatable bonds is 2. The van der Waals surface area contributed by atoms with Crippen molar-refractivity contribution >= 4 is 5.82 Å². The zero-order chi connectivity index (χ0) is 13.2. The predicted octanol–water partition coefficient (Wildman–Crippen LogP) is 2.22. The minimum absolute atomic E-state index is 0.494. The van der Waals surface area contributed by atoms with Crippen LogP contribution in [0.15, 0.2) is 49.3 Å². The quantitative estimate of drug-likeness (QED) is 0.758. The first-order valence-electron chi connectivity index (χ1n) is 5.91. The number of hydrogen-bond acceptors (Lipinski definition) is 4. The van der Waals surface area contributed by atoms with Crippen LogP contribution in [-0.4, -0.2) is 19.5 Å². The fourth-order valence-corrected chi connectivity index (χ4v) is 2.02. The normalized spacial score (nSPS) is 10.6. The van der Waals surface area contributed by atoms with Gasteiger partial charge in [0.1, 0.15) is 5.82 Å². The molecule has 0 aliphatic rings. The van der Waals surface area contributed by atoms with E-state index in [-0.39, 0.29) is 0 Å². The second-order valence-corrected chi connectivity index (χ2v) is 4.28. The molecule has 3 aromatic rings. The van der Waals surface area contributed by atoms with Gasteiger partial charge < -0.3 is 5.73 Å². The molecule has 0 fully saturated rings. The van der Waals surface area contributed by atoms with Gasteiger partial charge in [0.25, 0.3) is 0 Å². The molecule has 2 N–H and O–H groups in total. The molecule has 0 aromatic carbocycles. The van der Waals surface area contributed by atoms with E-state index in [1.807, 2.05) is 35.9 Å². The molecule has 0 spiro atoms. The maximum atomic E-state index is 5.73. The van der Waals surface area contributed by atoms with Crippen molar-refractivity contribution in [2.45, 2.75) is 6.92 Å². The molecule has 5 nitrogen and oxygen atoms in total. The van der Waals surface area contributed by atoms with Crippen LogP contribution >= 0.6 is 0 Å². The Morgan fingerprint density at radius 2 is 2.00 bits per heavy atom. The monoisotopic (exact) mass is 251 g/mol. The van der Waals surface area contributed by atoms with Crippen molar-refractivity contribution in [1.82, 2.24) is 19.5 Å². The highest BCUT2D eigenvalue weighted by molar-refractivity contribution is 5.64. The average molecular weight is 251 g/mol. The number of aryl methyl sites for hydroxylation is 1. The number of nitrogens with two attached hydrogens (primary N) is 1. The first kappa shape index (κ1) is 11.4. The van der Waals surface area contributed by atoms with Crippen LogP contribution in [0.2, 0.25) is 0 Å². The van der Waals surface area contributed by atoms with Gasteiger partial charge in [-0.15, -0.1) is 0 Å². The molecule has 3 heterocycles. The molecule has 3 rings (SSSR count). The number of aromatic nitrogens is 4. The van der Waals surface area contributed by atoms with Crippen LogP contribution in [0.5, 0.6) is 0 Å². The lowest BCUT2D eigenvalue weighted by Crippen LogP contribution is -1.99. The second-order valence-electron chi connectivity index (χ2n) is 4.28. The minimum Gasteiger partial charge on any atom is -0.384 e. The van der Waals surface area contributed by atoms with Gasteiger partial charge in [-0.3, -0.25) is 9.55 Å². The summed E-state index contributed by atoms with van der Waals surface area (Å²) in [6, 6.07) is 5.72. The molecule has 94 valence electrons. The van der Waals surface area contributed by atoms with Gasteiger partial charge in [-0.05, 0) is 30.7 Å². The lowest BCUT2D eigenvalue weighted by atomic mass is 10.2. The van der Waals surface area contributed by atoms with Crippen LogP contribution in [0, 0.1) is 6.92 Å². The summed E-state index contributed by atoms with van der Waals surface area (Å²) in [5.41, 5.74) is 9.81. The number of nitrogen functional groups attached to an aromatic ring is 1. The summed E-state index contributed by atoms with van der Waals surface area (Å²) in [6.45, 7) is 2.04. The maximum Gasteiger partial charge on any atom is 0.123 e. The lowest BCUT2D eigenvalue weighted by Gasteiger charge is -2.10. The molecular formula is C14H13N5. The third-order valence-electron chi connectivity index (χ3n) is 2.99. The van der Waals surface area contributed by atoms with Crippen LogP contribution in [0.1, 0.15) is 5.56 Å². The van der Waals surface area contributed by atoms with Gasteiger partial charge in [0.15, 0.2) is 0 Å². The number of pyridine rings is 2. The highest BCUT2D eigenvalue weighted by Crippen LogP contribution is 2.24. The highest BCUT2D eigenvalue weighted by atomic mass is 15.1. The molecule has 19 heavy (non-hydrogen) atoms. The van der Waals surface area contributed by atoms with Crippen LogP contribution in [0.4, 0.5) is 5.82 Å². The summed E-state index contributed by atoms with van der Waals surface area (Å²) in [5, 5.41) is 0. The number of imidazole rings is 1. The molecule has 0 atom stereocenters. The zero-order valence-corrected chi connectivity index (χ0v) is 10.5. The Hall–Kier alpha value is -2.69. The summed E-state index contributed by atoms with van der Waals surface area (Å²) >= 11 is 0. The Bertz CT molecular complexity index is 717. The SMILES string of the molecule is Cc1ccncc1-n1cncc1-c1ccnc(N)c1. The topological polar surface area (TPSA) is 69.6 Å². The van der Waals surface area contributed by atoms with Gasteiger partial charge in [-0.25, -0.2) is 9.97 Å². The van der Waals surface area contributed by atoms with E-state index in [2.05, 4.69) is 15.0 Å². The Kier molecular flexibility index (Phi) is 2.72. The molecule has 0 aliphatic heterocycles. The van der Waals surface area contributed by atoms with E-state index in [1.54, 1.807) is 24.9 Å². The van der Waals surface area contributed by atoms with E-state index in [9.17, 15) is 0 Å². The van der Waals surface area contributed by atoms with E-state index < -0.39 is 0 Å². The summed E-state index contributed by atoms with van der Waals surface area (Å²) in [5.74, 6) is 0.494. The molecule has 0 saturated heterocycles. The van der Waals surface area contributed by atoms with Gasteiger partial charge in [-0.2, -0.15) is 0 Å². The van der Waals surface area contributed by atoms with Crippen LogP contribution in [-0.2, 0) is 0 Å². The molecule has 0 unspecified atom stereocenters. The third-order valence-corrected chi connectivity index (χ3v) is 2.99. The molecular weight excluding hydrogens is 238 g/mol. The first-order chi connectivity index (χ1) is 9.25. The van der Waals surface area contributed by atoms with E-state index in [4.69, 9.17) is 5.73 Å². The van der Waals surface area contributed by atoms with E-state index in [1.165, 1.54) is 0 Å². The molecule has 0 saturated carbocycles. The molecule has 0 bridgehead atoms. The first-order valence-corrected chi connectivity index (χ1v) is 5.91. The largest absolute Gasteiger partial charge is 0.384 e. The standard InChI is InChI=1S/C14H13N5/c1-10-2-4-16-7-12(10)19-9-17-8-13(19)11-3-5-18-14(15)6-11/h2-9H,1H3,(H2,15,18). The van der Waals surface area contributed by atoms with Crippen molar-refractivity contribution in [3.05, 3.63) is 54.9 Å². The van der Waals surface area contributed by atoms with E-state index in [0.717, 1.165) is 22.5 Å². The fourth-order valence-electron chi connectivity index (χ4n) is 2.02. The average Bonchev–Trinajstić information content (AvgIpc) is 2.88. The Labute approximate surface area is 110 Å². The molecule has 3 aromatic heterocycles. The van der Waals surface area contributed by atoms with Crippen molar-refractivity contribution in [2.24, 2.45) is 0 Å². The van der Waals surface area contributed by atoms with Crippen molar-refractivity contribution in [1.29, 1.82) is 0 Å². The molecule has 0 radical (unpaired) electrons. The highest BCUT2D eigenvalue weighted by Gasteiger charge is 2.09. The Morgan fingerprint density at radius 3 is 2.79 bits per heavy atom. The van der Waals surface area contributed by atoms with Gasteiger partial charge in [0.05, 0.1) is 30.1 Å². The van der Waals surface area contributed by atoms with E-state index in [0.29, 0.717) is 5.82 Å². The van der Waals surface area contributed by atoms with Crippen molar-refractivity contribution in [2.75, 3.05) is 5.73 Å². The van der Waals surface area contributed by atoms with Crippen molar-refractivity contribution in [3.8, 4) is 16.9 Å². The fraction of sp³-hybridized carbons (Fsp3) is 0.0714. The lowest BCUT2D eigenvalue weighted by molar-refractivity contribution is 1.03. The maximum absolute atomic E-state index is 5.73. The molecule has 0 amide bonds. The summed E-state index contributed by atoms with van der Waals surface area (Å²) in [4.78, 5) is 12.4. The molecule has 5 heteroatoms. The second kappa shape index (κ2) is 4.53. The van der Waals surface area contributed by atoms with Gasteiger partial charge in [0, 0.05) is 18.0 Å². The van der Waals surface area contributed by atoms with Crippen molar-refractivity contribution in [3.63, 3.8) is 0 Å². The Morgan fingerprint density at radius 1 is 1.11 bits per heavy atom. The predicted molar refractivity (Wildman–Crippen MR) is 73.7 cm³/mol. The van der Waals surface area contributed by atoms with Gasteiger partial charge >= 0.3 is 0 Å². The van der Waals surface area contributed by atoms with E-state index >= 15 is 0 Å². The van der Waals surface area contributed by atoms with Gasteiger partial charge in [-0.1, -0.05) is 0 Å². The summed E-state index contributed by atoms with van der Waals surface area (Å²) in [7, 11) is 0. The molecule has 0 aliphatic carbocycles. The third kappa shape index (κ3) is 2.06. The van der Waals surface area contributed by atoms with Crippen molar-refractivity contribution < 1.29 is 0 Å². The summed E-state index contributed by atoms with van der Waals surface area (Å²) in [6.07, 6.45) is 8.88. The number of nitrogens with zero attached hydrogens (tertiary/aromatic N) is 4. The van der Waals surface area contributed by atoms with Crippen LogP contribution in [0.3, 0.4) is 0 Å². The zero-order valence-electron chi connectivity index (χ0n) is 10.5.